The molecule has 0 saturated carbocycles. The fourth-order valence-corrected chi connectivity index (χ4v) is 3.10. The summed E-state index contributed by atoms with van der Waals surface area (Å²) in [5.41, 5.74) is 2.35. The van der Waals surface area contributed by atoms with Crippen molar-refractivity contribution in [3.63, 3.8) is 0 Å². The monoisotopic (exact) mass is 397 g/mol. The van der Waals surface area contributed by atoms with Crippen molar-refractivity contribution in [3.05, 3.63) is 53.9 Å². The first kappa shape index (κ1) is 19.4. The maximum atomic E-state index is 12.1. The molecule has 0 aliphatic carbocycles. The standard InChI is InChI=1S/C20H19N3O4S/c1-13(24)21-15-5-3-14(4-6-15)18-12-28-20(22-18)23-19(25)11-27-17-9-7-16(26-2)8-10-17/h3-10,12H,11H2,1-2H3,(H,21,24)(H,22,23,25). The summed E-state index contributed by atoms with van der Waals surface area (Å²) >= 11 is 1.33. The van der Waals surface area contributed by atoms with Crippen LogP contribution >= 0.6 is 11.3 Å². The molecule has 0 unspecified atom stereocenters. The van der Waals surface area contributed by atoms with Gasteiger partial charge in [-0.3, -0.25) is 14.9 Å². The third kappa shape index (κ3) is 5.31. The summed E-state index contributed by atoms with van der Waals surface area (Å²) in [7, 11) is 1.59. The van der Waals surface area contributed by atoms with Gasteiger partial charge in [0.15, 0.2) is 11.7 Å². The van der Waals surface area contributed by atoms with E-state index in [2.05, 4.69) is 15.6 Å². The van der Waals surface area contributed by atoms with E-state index in [1.807, 2.05) is 17.5 Å². The largest absolute Gasteiger partial charge is 0.497 e. The van der Waals surface area contributed by atoms with E-state index in [-0.39, 0.29) is 18.4 Å². The van der Waals surface area contributed by atoms with Crippen LogP contribution in [-0.2, 0) is 9.59 Å². The molecule has 8 heteroatoms. The first-order chi connectivity index (χ1) is 13.5. The normalized spacial score (nSPS) is 10.2. The molecule has 144 valence electrons. The first-order valence-corrected chi connectivity index (χ1v) is 9.32. The van der Waals surface area contributed by atoms with Crippen molar-refractivity contribution in [2.24, 2.45) is 0 Å². The zero-order valence-corrected chi connectivity index (χ0v) is 16.2. The minimum Gasteiger partial charge on any atom is -0.497 e. The van der Waals surface area contributed by atoms with Gasteiger partial charge in [-0.2, -0.15) is 0 Å². The topological polar surface area (TPSA) is 89.6 Å². The molecule has 0 fully saturated rings. The van der Waals surface area contributed by atoms with E-state index >= 15 is 0 Å². The van der Waals surface area contributed by atoms with Crippen LogP contribution in [0.15, 0.2) is 53.9 Å². The van der Waals surface area contributed by atoms with Crippen molar-refractivity contribution in [1.29, 1.82) is 0 Å². The molecule has 7 nitrogen and oxygen atoms in total. The number of thiazole rings is 1. The Balaban J connectivity index is 1.54. The summed E-state index contributed by atoms with van der Waals surface area (Å²) in [6, 6.07) is 14.3. The number of nitrogens with zero attached hydrogens (tertiary/aromatic N) is 1. The molecular weight excluding hydrogens is 378 g/mol. The van der Waals surface area contributed by atoms with Gasteiger partial charge in [0.2, 0.25) is 5.91 Å². The zero-order valence-electron chi connectivity index (χ0n) is 15.4. The molecule has 1 heterocycles. The number of amides is 2. The zero-order chi connectivity index (χ0) is 19.9. The molecule has 2 N–H and O–H groups in total. The molecule has 2 aromatic carbocycles. The molecule has 1 aromatic heterocycles. The fourth-order valence-electron chi connectivity index (χ4n) is 2.37. The lowest BCUT2D eigenvalue weighted by atomic mass is 10.1. The number of anilines is 2. The summed E-state index contributed by atoms with van der Waals surface area (Å²) in [6.07, 6.45) is 0. The molecule has 3 aromatic rings. The highest BCUT2D eigenvalue weighted by Gasteiger charge is 2.09. The third-order valence-electron chi connectivity index (χ3n) is 3.68. The van der Waals surface area contributed by atoms with Gasteiger partial charge in [0.25, 0.3) is 5.91 Å². The van der Waals surface area contributed by atoms with Gasteiger partial charge in [-0.05, 0) is 36.4 Å². The lowest BCUT2D eigenvalue weighted by molar-refractivity contribution is -0.118. The molecule has 0 radical (unpaired) electrons. The Morgan fingerprint density at radius 1 is 1.00 bits per heavy atom. The van der Waals surface area contributed by atoms with Crippen LogP contribution in [0, 0.1) is 0 Å². The summed E-state index contributed by atoms with van der Waals surface area (Å²) in [4.78, 5) is 27.6. The summed E-state index contributed by atoms with van der Waals surface area (Å²) < 4.78 is 10.5. The van der Waals surface area contributed by atoms with Crippen LogP contribution in [0.4, 0.5) is 10.8 Å². The van der Waals surface area contributed by atoms with Crippen molar-refractivity contribution < 1.29 is 19.1 Å². The molecule has 2 amide bonds. The van der Waals surface area contributed by atoms with Crippen molar-refractivity contribution in [2.75, 3.05) is 24.4 Å². The van der Waals surface area contributed by atoms with E-state index < -0.39 is 0 Å². The minimum absolute atomic E-state index is 0.118. The lowest BCUT2D eigenvalue weighted by Crippen LogP contribution is -2.20. The number of carbonyl (C=O) groups excluding carboxylic acids is 2. The van der Waals surface area contributed by atoms with Crippen LogP contribution in [0.5, 0.6) is 11.5 Å². The van der Waals surface area contributed by atoms with Gasteiger partial charge in [0.1, 0.15) is 11.5 Å². The van der Waals surface area contributed by atoms with E-state index in [4.69, 9.17) is 9.47 Å². The van der Waals surface area contributed by atoms with Gasteiger partial charge < -0.3 is 14.8 Å². The number of hydrogen-bond acceptors (Lipinski definition) is 6. The Morgan fingerprint density at radius 2 is 1.68 bits per heavy atom. The number of rotatable bonds is 7. The second-order valence-electron chi connectivity index (χ2n) is 5.81. The number of methoxy groups -OCH3 is 1. The molecule has 0 spiro atoms. The molecule has 28 heavy (non-hydrogen) atoms. The van der Waals surface area contributed by atoms with Gasteiger partial charge >= 0.3 is 0 Å². The van der Waals surface area contributed by atoms with Crippen LogP contribution in [0.25, 0.3) is 11.3 Å². The van der Waals surface area contributed by atoms with E-state index in [1.54, 1.807) is 43.5 Å². The summed E-state index contributed by atoms with van der Waals surface area (Å²) in [5, 5.41) is 7.78. The average molecular weight is 397 g/mol. The SMILES string of the molecule is COc1ccc(OCC(=O)Nc2nc(-c3ccc(NC(C)=O)cc3)cs2)cc1. The van der Waals surface area contributed by atoms with Gasteiger partial charge in [0.05, 0.1) is 12.8 Å². The summed E-state index contributed by atoms with van der Waals surface area (Å²) in [5.74, 6) is 0.883. The second kappa shape index (κ2) is 9.01. The Bertz CT molecular complexity index is 952. The minimum atomic E-state index is -0.294. The summed E-state index contributed by atoms with van der Waals surface area (Å²) in [6.45, 7) is 1.34. The van der Waals surface area contributed by atoms with E-state index in [9.17, 15) is 9.59 Å². The third-order valence-corrected chi connectivity index (χ3v) is 4.44. The molecule has 0 aliphatic heterocycles. The highest BCUT2D eigenvalue weighted by Crippen LogP contribution is 2.26. The van der Waals surface area contributed by atoms with Crippen LogP contribution in [-0.4, -0.2) is 30.5 Å². The van der Waals surface area contributed by atoms with Gasteiger partial charge in [-0.1, -0.05) is 12.1 Å². The van der Waals surface area contributed by atoms with Crippen molar-refractivity contribution in [1.82, 2.24) is 4.98 Å². The van der Waals surface area contributed by atoms with E-state index in [0.29, 0.717) is 10.9 Å². The number of carbonyl (C=O) groups is 2. The van der Waals surface area contributed by atoms with E-state index in [0.717, 1.165) is 22.7 Å². The predicted molar refractivity (Wildman–Crippen MR) is 109 cm³/mol. The molecule has 0 saturated heterocycles. The van der Waals surface area contributed by atoms with Crippen molar-refractivity contribution >= 4 is 34.0 Å². The Hall–Kier alpha value is -3.39. The van der Waals surface area contributed by atoms with E-state index in [1.165, 1.54) is 18.3 Å². The predicted octanol–water partition coefficient (Wildman–Crippen LogP) is 3.79. The van der Waals surface area contributed by atoms with Crippen LogP contribution < -0.4 is 20.1 Å². The number of ether oxygens (including phenoxy) is 2. The maximum Gasteiger partial charge on any atom is 0.264 e. The Labute approximate surface area is 166 Å². The van der Waals surface area contributed by atoms with Crippen molar-refractivity contribution in [2.45, 2.75) is 6.92 Å². The number of aromatic nitrogens is 1. The maximum absolute atomic E-state index is 12.1. The van der Waals surface area contributed by atoms with Crippen LogP contribution in [0.2, 0.25) is 0 Å². The quantitative estimate of drug-likeness (QED) is 0.633. The molecule has 3 rings (SSSR count). The Kier molecular flexibility index (Phi) is 6.23. The first-order valence-electron chi connectivity index (χ1n) is 8.44. The smallest absolute Gasteiger partial charge is 0.264 e. The fraction of sp³-hybridized carbons (Fsp3) is 0.150. The Morgan fingerprint density at radius 3 is 2.32 bits per heavy atom. The highest BCUT2D eigenvalue weighted by molar-refractivity contribution is 7.14. The number of benzene rings is 2. The van der Waals surface area contributed by atoms with Crippen LogP contribution in [0.3, 0.4) is 0 Å². The second-order valence-corrected chi connectivity index (χ2v) is 6.67. The number of nitrogens with one attached hydrogen (secondary N) is 2. The number of hydrogen-bond donors (Lipinski definition) is 2. The van der Waals surface area contributed by atoms with Gasteiger partial charge in [-0.25, -0.2) is 4.98 Å². The molecule has 0 atom stereocenters. The lowest BCUT2D eigenvalue weighted by Gasteiger charge is -2.06. The highest BCUT2D eigenvalue weighted by atomic mass is 32.1. The van der Waals surface area contributed by atoms with Gasteiger partial charge in [0, 0.05) is 23.6 Å². The van der Waals surface area contributed by atoms with Crippen LogP contribution in [0.1, 0.15) is 6.92 Å². The average Bonchev–Trinajstić information content (AvgIpc) is 3.15. The molecule has 0 bridgehead atoms. The molecular formula is C20H19N3O4S. The van der Waals surface area contributed by atoms with Crippen molar-refractivity contribution in [3.8, 4) is 22.8 Å². The molecule has 0 aliphatic rings. The van der Waals surface area contributed by atoms with Gasteiger partial charge in [-0.15, -0.1) is 11.3 Å².